The number of pyridine rings is 1. The maximum Gasteiger partial charge on any atom is 0.124 e. The highest BCUT2D eigenvalue weighted by Crippen LogP contribution is 2.24. The van der Waals surface area contributed by atoms with Crippen molar-refractivity contribution >= 4 is 15.9 Å². The molecule has 20 heavy (non-hydrogen) atoms. The van der Waals surface area contributed by atoms with Gasteiger partial charge in [0.1, 0.15) is 6.10 Å². The van der Waals surface area contributed by atoms with Crippen molar-refractivity contribution in [2.24, 2.45) is 0 Å². The first-order valence-corrected chi connectivity index (χ1v) is 6.79. The molecule has 2 aromatic heterocycles. The Morgan fingerprint density at radius 3 is 2.65 bits per heavy atom. The molecule has 1 atom stereocenters. The molecule has 0 aliphatic rings. The maximum atomic E-state index is 10.5. The van der Waals surface area contributed by atoms with Gasteiger partial charge in [0.05, 0.1) is 17.6 Å². The fourth-order valence-corrected chi connectivity index (χ4v) is 2.33. The van der Waals surface area contributed by atoms with Crippen LogP contribution < -0.4 is 0 Å². The molecule has 1 N–H and O–H groups in total. The summed E-state index contributed by atoms with van der Waals surface area (Å²) in [7, 11) is 0. The zero-order chi connectivity index (χ0) is 13.9. The van der Waals surface area contributed by atoms with Crippen molar-refractivity contribution in [3.05, 3.63) is 70.7 Å². The SMILES string of the molecule is OC(c1cncc(Br)c1)c1cnnn1-c1ccccc1. The molecule has 5 nitrogen and oxygen atoms in total. The lowest BCUT2D eigenvalue weighted by atomic mass is 10.1. The Hall–Kier alpha value is -2.05. The number of aliphatic hydroxyl groups excluding tert-OH is 1. The minimum absolute atomic E-state index is 0.594. The first kappa shape index (κ1) is 13.0. The van der Waals surface area contributed by atoms with E-state index in [9.17, 15) is 5.11 Å². The summed E-state index contributed by atoms with van der Waals surface area (Å²) < 4.78 is 2.43. The van der Waals surface area contributed by atoms with Crippen molar-refractivity contribution in [2.75, 3.05) is 0 Å². The van der Waals surface area contributed by atoms with Crippen LogP contribution in [0.25, 0.3) is 5.69 Å². The summed E-state index contributed by atoms with van der Waals surface area (Å²) in [5.41, 5.74) is 2.12. The van der Waals surface area contributed by atoms with E-state index in [4.69, 9.17) is 0 Å². The number of benzene rings is 1. The van der Waals surface area contributed by atoms with E-state index < -0.39 is 6.10 Å². The Morgan fingerprint density at radius 2 is 1.90 bits per heavy atom. The average molecular weight is 331 g/mol. The molecule has 0 saturated heterocycles. The highest BCUT2D eigenvalue weighted by Gasteiger charge is 2.17. The van der Waals surface area contributed by atoms with Gasteiger partial charge in [0.15, 0.2) is 0 Å². The number of para-hydroxylation sites is 1. The number of rotatable bonds is 3. The maximum absolute atomic E-state index is 10.5. The zero-order valence-corrected chi connectivity index (χ0v) is 12.0. The van der Waals surface area contributed by atoms with E-state index in [0.717, 1.165) is 10.2 Å². The van der Waals surface area contributed by atoms with E-state index in [1.807, 2.05) is 36.4 Å². The molecule has 3 aromatic rings. The first-order chi connectivity index (χ1) is 9.75. The fourth-order valence-electron chi connectivity index (χ4n) is 1.95. The van der Waals surface area contributed by atoms with Crippen molar-refractivity contribution < 1.29 is 5.11 Å². The van der Waals surface area contributed by atoms with E-state index in [1.54, 1.807) is 23.3 Å². The predicted molar refractivity (Wildman–Crippen MR) is 77.4 cm³/mol. The van der Waals surface area contributed by atoms with E-state index in [0.29, 0.717) is 11.3 Å². The molecule has 0 fully saturated rings. The standard InChI is InChI=1S/C14H11BrN4O/c15-11-6-10(7-16-8-11)14(20)13-9-17-18-19(13)12-4-2-1-3-5-12/h1-9,14,20H. The molecule has 0 bridgehead atoms. The lowest BCUT2D eigenvalue weighted by Crippen LogP contribution is -2.08. The van der Waals surface area contributed by atoms with Gasteiger partial charge < -0.3 is 5.11 Å². The molecular weight excluding hydrogens is 320 g/mol. The molecule has 100 valence electrons. The van der Waals surface area contributed by atoms with Gasteiger partial charge in [0.25, 0.3) is 0 Å². The fraction of sp³-hybridized carbons (Fsp3) is 0.0714. The van der Waals surface area contributed by atoms with Gasteiger partial charge in [0, 0.05) is 22.4 Å². The van der Waals surface area contributed by atoms with Crippen LogP contribution in [0.1, 0.15) is 17.4 Å². The van der Waals surface area contributed by atoms with Crippen LogP contribution >= 0.6 is 15.9 Å². The van der Waals surface area contributed by atoms with Gasteiger partial charge in [0.2, 0.25) is 0 Å². The number of aromatic nitrogens is 4. The van der Waals surface area contributed by atoms with Gasteiger partial charge in [-0.25, -0.2) is 4.68 Å². The monoisotopic (exact) mass is 330 g/mol. The smallest absolute Gasteiger partial charge is 0.124 e. The summed E-state index contributed by atoms with van der Waals surface area (Å²) >= 11 is 3.35. The Balaban J connectivity index is 2.02. The zero-order valence-electron chi connectivity index (χ0n) is 10.4. The van der Waals surface area contributed by atoms with E-state index >= 15 is 0 Å². The lowest BCUT2D eigenvalue weighted by molar-refractivity contribution is 0.211. The number of halogens is 1. The number of hydrogen-bond acceptors (Lipinski definition) is 4. The second-order valence-electron chi connectivity index (χ2n) is 4.25. The minimum Gasteiger partial charge on any atom is -0.382 e. The second-order valence-corrected chi connectivity index (χ2v) is 5.16. The van der Waals surface area contributed by atoms with E-state index in [2.05, 4.69) is 31.2 Å². The Morgan fingerprint density at radius 1 is 1.10 bits per heavy atom. The van der Waals surface area contributed by atoms with Crippen LogP contribution in [-0.4, -0.2) is 25.1 Å². The third kappa shape index (κ3) is 2.48. The molecule has 1 aromatic carbocycles. The summed E-state index contributed by atoms with van der Waals surface area (Å²) in [6, 6.07) is 11.4. The van der Waals surface area contributed by atoms with Crippen molar-refractivity contribution in [3.63, 3.8) is 0 Å². The van der Waals surface area contributed by atoms with Gasteiger partial charge in [-0.05, 0) is 34.1 Å². The van der Waals surface area contributed by atoms with E-state index in [1.165, 1.54) is 0 Å². The molecule has 0 amide bonds. The Labute approximate surface area is 124 Å². The summed E-state index contributed by atoms with van der Waals surface area (Å²) in [4.78, 5) is 4.06. The van der Waals surface area contributed by atoms with Gasteiger partial charge in [-0.15, -0.1) is 5.10 Å². The molecule has 0 aliphatic carbocycles. The van der Waals surface area contributed by atoms with Crippen LogP contribution in [-0.2, 0) is 0 Å². The molecule has 2 heterocycles. The van der Waals surface area contributed by atoms with Crippen LogP contribution in [0.2, 0.25) is 0 Å². The molecule has 6 heteroatoms. The van der Waals surface area contributed by atoms with Gasteiger partial charge >= 0.3 is 0 Å². The first-order valence-electron chi connectivity index (χ1n) is 6.00. The molecule has 0 aliphatic heterocycles. The number of hydrogen-bond donors (Lipinski definition) is 1. The topological polar surface area (TPSA) is 63.8 Å². The molecule has 3 rings (SSSR count). The molecule has 1 unspecified atom stereocenters. The normalized spacial score (nSPS) is 12.3. The van der Waals surface area contributed by atoms with Gasteiger partial charge in [-0.2, -0.15) is 0 Å². The summed E-state index contributed by atoms with van der Waals surface area (Å²) in [5, 5.41) is 18.4. The van der Waals surface area contributed by atoms with Crippen molar-refractivity contribution in [1.82, 2.24) is 20.0 Å². The van der Waals surface area contributed by atoms with Crippen LogP contribution in [0.15, 0.2) is 59.5 Å². The Kier molecular flexibility index (Phi) is 3.58. The molecule has 0 radical (unpaired) electrons. The predicted octanol–water partition coefficient (Wildman–Crippen LogP) is 2.51. The van der Waals surface area contributed by atoms with Crippen molar-refractivity contribution in [2.45, 2.75) is 6.10 Å². The molecule has 0 saturated carbocycles. The summed E-state index contributed by atoms with van der Waals surface area (Å²) in [6.07, 6.45) is 4.01. The van der Waals surface area contributed by atoms with Crippen molar-refractivity contribution in [1.29, 1.82) is 0 Å². The third-order valence-electron chi connectivity index (χ3n) is 2.90. The quantitative estimate of drug-likeness (QED) is 0.801. The summed E-state index contributed by atoms with van der Waals surface area (Å²) in [6.45, 7) is 0. The third-order valence-corrected chi connectivity index (χ3v) is 3.33. The Bertz CT molecular complexity index is 714. The van der Waals surface area contributed by atoms with Gasteiger partial charge in [-0.1, -0.05) is 23.4 Å². The van der Waals surface area contributed by atoms with Crippen molar-refractivity contribution in [3.8, 4) is 5.69 Å². The number of nitrogens with zero attached hydrogens (tertiary/aromatic N) is 4. The van der Waals surface area contributed by atoms with Gasteiger partial charge in [-0.3, -0.25) is 4.98 Å². The van der Waals surface area contributed by atoms with Crippen LogP contribution in [0.4, 0.5) is 0 Å². The number of aliphatic hydroxyl groups is 1. The minimum atomic E-state index is -0.838. The van der Waals surface area contributed by atoms with E-state index in [-0.39, 0.29) is 0 Å². The molecule has 0 spiro atoms. The summed E-state index contributed by atoms with van der Waals surface area (Å²) in [5.74, 6) is 0. The highest BCUT2D eigenvalue weighted by atomic mass is 79.9. The van der Waals surface area contributed by atoms with Crippen LogP contribution in [0.5, 0.6) is 0 Å². The largest absolute Gasteiger partial charge is 0.382 e. The van der Waals surface area contributed by atoms with Crippen LogP contribution in [0, 0.1) is 0 Å². The second kappa shape index (κ2) is 5.52. The molecular formula is C14H11BrN4O. The highest BCUT2D eigenvalue weighted by molar-refractivity contribution is 9.10. The average Bonchev–Trinajstić information content (AvgIpc) is 2.97. The van der Waals surface area contributed by atoms with Crippen LogP contribution in [0.3, 0.4) is 0 Å². The lowest BCUT2D eigenvalue weighted by Gasteiger charge is -2.12.